The molecule has 1 aliphatic carbocycles. The Morgan fingerprint density at radius 3 is 1.38 bits per heavy atom. The zero-order valence-electron chi connectivity index (χ0n) is 41.8. The Bertz CT molecular complexity index is 4360. The SMILES string of the molecule is c1ccc(C2(c3ccccc3)c3ccccc3-c3cc(-c4ccc5c6ccccc6n(-c6cccc7c8ccccc8n(-c8cccc([Si](c9ccccc9)(c9ccccc9)c9ccccc9)c8)c67)c5c4)ccc32)cc1. The summed E-state index contributed by atoms with van der Waals surface area (Å²) in [4.78, 5) is 0. The van der Waals surface area contributed by atoms with Gasteiger partial charge in [-0.3, -0.25) is 0 Å². The third kappa shape index (κ3) is 6.40. The Morgan fingerprint density at radius 2 is 0.737 bits per heavy atom. The topological polar surface area (TPSA) is 9.86 Å². The molecule has 0 amide bonds. The largest absolute Gasteiger partial charge is 0.307 e. The first-order chi connectivity index (χ1) is 37.7. The number of fused-ring (bicyclic) bond motifs is 9. The van der Waals surface area contributed by atoms with Gasteiger partial charge in [0.25, 0.3) is 0 Å². The molecule has 76 heavy (non-hydrogen) atoms. The smallest absolute Gasteiger partial charge is 0.179 e. The summed E-state index contributed by atoms with van der Waals surface area (Å²) in [6.45, 7) is 0. The maximum Gasteiger partial charge on any atom is 0.179 e. The molecule has 0 spiro atoms. The Kier molecular flexibility index (Phi) is 10.2. The first-order valence-electron chi connectivity index (χ1n) is 26.4. The van der Waals surface area contributed by atoms with E-state index in [1.165, 1.54) is 109 Å². The van der Waals surface area contributed by atoms with Crippen molar-refractivity contribution in [2.75, 3.05) is 0 Å². The van der Waals surface area contributed by atoms with E-state index in [2.05, 4.69) is 312 Å². The Balaban J connectivity index is 0.960. The Labute approximate surface area is 443 Å². The highest BCUT2D eigenvalue weighted by Gasteiger charge is 2.46. The first kappa shape index (κ1) is 44.0. The predicted molar refractivity (Wildman–Crippen MR) is 321 cm³/mol. The standard InChI is InChI=1S/C73H50N2Si/c1-6-24-53(25-7-1)73(54-26-8-2-9-27-54)66-40-19-16-36-60(66)65-48-51(45-47-67(65)73)52-44-46-63-61-37-17-21-42-69(61)75(71(63)49-52)70-43-23-39-64-62-38-18-20-41-68(62)74(72(64)70)55-28-22-35-59(50-55)76(56-29-10-3-11-30-56,57-31-12-4-13-32-57)58-33-14-5-15-34-58/h1-50H. The summed E-state index contributed by atoms with van der Waals surface area (Å²) in [5.74, 6) is 0. The van der Waals surface area contributed by atoms with Gasteiger partial charge >= 0.3 is 0 Å². The minimum Gasteiger partial charge on any atom is -0.307 e. The lowest BCUT2D eigenvalue weighted by Crippen LogP contribution is -2.74. The van der Waals surface area contributed by atoms with Crippen LogP contribution in [-0.4, -0.2) is 17.2 Å². The van der Waals surface area contributed by atoms with Gasteiger partial charge in [0.05, 0.1) is 33.2 Å². The van der Waals surface area contributed by atoms with Crippen molar-refractivity contribution in [2.45, 2.75) is 5.41 Å². The summed E-state index contributed by atoms with van der Waals surface area (Å²) >= 11 is 0. The van der Waals surface area contributed by atoms with Crippen molar-refractivity contribution in [1.82, 2.24) is 9.13 Å². The zero-order valence-corrected chi connectivity index (χ0v) is 42.8. The molecule has 2 heterocycles. The first-order valence-corrected chi connectivity index (χ1v) is 28.4. The monoisotopic (exact) mass is 982 g/mol. The summed E-state index contributed by atoms with van der Waals surface area (Å²) < 4.78 is 5.07. The van der Waals surface area contributed by atoms with Crippen LogP contribution in [0.25, 0.3) is 77.2 Å². The van der Waals surface area contributed by atoms with Crippen LogP contribution in [0.3, 0.4) is 0 Å². The fourth-order valence-corrected chi connectivity index (χ4v) is 18.2. The number of para-hydroxylation sites is 3. The lowest BCUT2D eigenvalue weighted by atomic mass is 9.67. The van der Waals surface area contributed by atoms with E-state index in [0.717, 1.165) is 11.4 Å². The summed E-state index contributed by atoms with van der Waals surface area (Å²) in [5.41, 5.74) is 16.6. The molecule has 0 N–H and O–H groups in total. The number of hydrogen-bond acceptors (Lipinski definition) is 0. The average Bonchev–Trinajstić information content (AvgIpc) is 4.29. The van der Waals surface area contributed by atoms with E-state index < -0.39 is 13.5 Å². The molecule has 12 aromatic carbocycles. The number of hydrogen-bond donors (Lipinski definition) is 0. The maximum absolute atomic E-state index is 2.84. The third-order valence-electron chi connectivity index (χ3n) is 16.5. The van der Waals surface area contributed by atoms with Crippen LogP contribution >= 0.6 is 0 Å². The summed E-state index contributed by atoms with van der Waals surface area (Å²) in [7, 11) is -2.84. The van der Waals surface area contributed by atoms with Crippen LogP contribution in [0, 0.1) is 0 Å². The van der Waals surface area contributed by atoms with Crippen molar-refractivity contribution >= 4 is 72.4 Å². The highest BCUT2D eigenvalue weighted by molar-refractivity contribution is 7.19. The van der Waals surface area contributed by atoms with E-state index in [9.17, 15) is 0 Å². The molecular formula is C73H50N2Si. The molecule has 0 fully saturated rings. The molecule has 0 saturated heterocycles. The van der Waals surface area contributed by atoms with Crippen molar-refractivity contribution in [3.63, 3.8) is 0 Å². The molecule has 0 unspecified atom stereocenters. The fourth-order valence-electron chi connectivity index (χ4n) is 13.4. The molecule has 0 atom stereocenters. The summed E-state index contributed by atoms with van der Waals surface area (Å²) in [6, 6.07) is 113. The van der Waals surface area contributed by atoms with Crippen molar-refractivity contribution in [3.8, 4) is 33.6 Å². The highest BCUT2D eigenvalue weighted by atomic mass is 28.3. The van der Waals surface area contributed by atoms with Crippen molar-refractivity contribution in [3.05, 3.63) is 326 Å². The van der Waals surface area contributed by atoms with Crippen LogP contribution in [0.2, 0.25) is 0 Å². The van der Waals surface area contributed by atoms with Gasteiger partial charge in [-0.1, -0.05) is 261 Å². The van der Waals surface area contributed by atoms with Gasteiger partial charge in [-0.15, -0.1) is 0 Å². The predicted octanol–water partition coefficient (Wildman–Crippen LogP) is 15.3. The number of benzene rings is 12. The van der Waals surface area contributed by atoms with Gasteiger partial charge in [0.1, 0.15) is 0 Å². The van der Waals surface area contributed by atoms with Gasteiger partial charge in [-0.2, -0.15) is 0 Å². The molecule has 2 nitrogen and oxygen atoms in total. The second kappa shape index (κ2) is 17.6. The van der Waals surface area contributed by atoms with E-state index in [-0.39, 0.29) is 0 Å². The van der Waals surface area contributed by atoms with Crippen LogP contribution in [0.1, 0.15) is 22.3 Å². The molecular weight excluding hydrogens is 933 g/mol. The van der Waals surface area contributed by atoms with E-state index in [0.29, 0.717) is 0 Å². The molecule has 0 aliphatic heterocycles. The fraction of sp³-hybridized carbons (Fsp3) is 0.0137. The van der Waals surface area contributed by atoms with Crippen LogP contribution in [0.15, 0.2) is 303 Å². The second-order valence-electron chi connectivity index (χ2n) is 20.3. The van der Waals surface area contributed by atoms with Crippen LogP contribution in [0.4, 0.5) is 0 Å². The zero-order chi connectivity index (χ0) is 50.2. The molecule has 1 aliphatic rings. The normalized spacial score (nSPS) is 12.8. The molecule has 356 valence electrons. The van der Waals surface area contributed by atoms with Gasteiger partial charge in [0.2, 0.25) is 0 Å². The van der Waals surface area contributed by atoms with Gasteiger partial charge in [0, 0.05) is 27.2 Å². The van der Waals surface area contributed by atoms with Gasteiger partial charge in [-0.25, -0.2) is 0 Å². The van der Waals surface area contributed by atoms with Crippen LogP contribution in [0.5, 0.6) is 0 Å². The summed E-state index contributed by atoms with van der Waals surface area (Å²) in [6.07, 6.45) is 0. The highest BCUT2D eigenvalue weighted by Crippen LogP contribution is 2.56. The molecule has 2 aromatic heterocycles. The maximum atomic E-state index is 2.54. The molecule has 0 radical (unpaired) electrons. The lowest BCUT2D eigenvalue weighted by Gasteiger charge is -2.34. The van der Waals surface area contributed by atoms with Crippen molar-refractivity contribution in [1.29, 1.82) is 0 Å². The number of aromatic nitrogens is 2. The minimum absolute atomic E-state index is 0.450. The molecule has 0 saturated carbocycles. The van der Waals surface area contributed by atoms with Gasteiger partial charge < -0.3 is 9.13 Å². The van der Waals surface area contributed by atoms with Gasteiger partial charge in [-0.05, 0) is 108 Å². The van der Waals surface area contributed by atoms with E-state index in [1.54, 1.807) is 0 Å². The van der Waals surface area contributed by atoms with E-state index >= 15 is 0 Å². The molecule has 3 heteroatoms. The molecule has 15 rings (SSSR count). The van der Waals surface area contributed by atoms with Gasteiger partial charge in [0.15, 0.2) is 8.07 Å². The molecule has 14 aromatic rings. The third-order valence-corrected chi connectivity index (χ3v) is 21.3. The second-order valence-corrected chi connectivity index (χ2v) is 24.1. The summed E-state index contributed by atoms with van der Waals surface area (Å²) in [5, 5.41) is 10.3. The lowest BCUT2D eigenvalue weighted by molar-refractivity contribution is 0.768. The number of rotatable bonds is 9. The van der Waals surface area contributed by atoms with E-state index in [4.69, 9.17) is 0 Å². The molecule has 0 bridgehead atoms. The average molecular weight is 983 g/mol. The Morgan fingerprint density at radius 1 is 0.276 bits per heavy atom. The number of nitrogens with zero attached hydrogens (tertiary/aromatic N) is 2. The Hall–Kier alpha value is -9.54. The minimum atomic E-state index is -2.84. The quantitative estimate of drug-likeness (QED) is 0.101. The van der Waals surface area contributed by atoms with Crippen LogP contribution < -0.4 is 20.7 Å². The van der Waals surface area contributed by atoms with Crippen molar-refractivity contribution < 1.29 is 0 Å². The van der Waals surface area contributed by atoms with E-state index in [1.807, 2.05) is 0 Å². The van der Waals surface area contributed by atoms with Crippen LogP contribution in [-0.2, 0) is 5.41 Å². The van der Waals surface area contributed by atoms with Crippen molar-refractivity contribution in [2.24, 2.45) is 0 Å².